The molecule has 0 aromatic heterocycles. The van der Waals surface area contributed by atoms with E-state index < -0.39 is 8.07 Å². The minimum absolute atomic E-state index is 0.0970. The Hall–Kier alpha value is -1.35. The molecule has 1 aliphatic heterocycles. The van der Waals surface area contributed by atoms with Crippen LogP contribution in [0, 0.1) is 0 Å². The standard InChI is InChI=1S/C16H22O2Si/c1-12(11-19(2,3)4)14-10-15(18-16(14)17)13-8-6-5-7-9-13/h5-9,15H,10-11H2,1-4H3/b14-12-. The van der Waals surface area contributed by atoms with E-state index in [0.717, 1.165) is 23.6 Å². The van der Waals surface area contributed by atoms with Gasteiger partial charge in [0.15, 0.2) is 0 Å². The van der Waals surface area contributed by atoms with Gasteiger partial charge in [0.25, 0.3) is 0 Å². The average Bonchev–Trinajstić information content (AvgIpc) is 2.70. The highest BCUT2D eigenvalue weighted by Gasteiger charge is 2.32. The number of hydrogen-bond donors (Lipinski definition) is 0. The van der Waals surface area contributed by atoms with Crippen LogP contribution in [0.15, 0.2) is 41.5 Å². The molecule has 19 heavy (non-hydrogen) atoms. The third-order valence-electron chi connectivity index (χ3n) is 3.37. The van der Waals surface area contributed by atoms with Crippen LogP contribution in [0.3, 0.4) is 0 Å². The highest BCUT2D eigenvalue weighted by molar-refractivity contribution is 6.76. The van der Waals surface area contributed by atoms with E-state index in [1.54, 1.807) is 0 Å². The summed E-state index contributed by atoms with van der Waals surface area (Å²) >= 11 is 0. The van der Waals surface area contributed by atoms with E-state index in [1.807, 2.05) is 30.3 Å². The zero-order valence-corrected chi connectivity index (χ0v) is 13.2. The molecule has 2 nitrogen and oxygen atoms in total. The van der Waals surface area contributed by atoms with Crippen molar-refractivity contribution in [2.75, 3.05) is 0 Å². The summed E-state index contributed by atoms with van der Waals surface area (Å²) in [6.07, 6.45) is 0.624. The SMILES string of the molecule is C/C(C[Si](C)(C)C)=C1\CC(c2ccccc2)OC1=O. The molecule has 1 fully saturated rings. The van der Waals surface area contributed by atoms with Gasteiger partial charge in [-0.2, -0.15) is 0 Å². The van der Waals surface area contributed by atoms with Crippen molar-refractivity contribution in [3.8, 4) is 0 Å². The lowest BCUT2D eigenvalue weighted by Gasteiger charge is -2.16. The van der Waals surface area contributed by atoms with Crippen molar-refractivity contribution < 1.29 is 9.53 Å². The molecule has 2 rings (SSSR count). The fourth-order valence-corrected chi connectivity index (χ4v) is 4.42. The van der Waals surface area contributed by atoms with Gasteiger partial charge in [-0.3, -0.25) is 0 Å². The highest BCUT2D eigenvalue weighted by atomic mass is 28.3. The van der Waals surface area contributed by atoms with Crippen LogP contribution in [0.2, 0.25) is 25.7 Å². The molecule has 0 spiro atoms. The molecule has 1 aromatic carbocycles. The van der Waals surface area contributed by atoms with Crippen LogP contribution in [-0.4, -0.2) is 14.0 Å². The lowest BCUT2D eigenvalue weighted by atomic mass is 10.0. The summed E-state index contributed by atoms with van der Waals surface area (Å²) in [4.78, 5) is 12.0. The normalized spacial score (nSPS) is 22.3. The lowest BCUT2D eigenvalue weighted by Crippen LogP contribution is -2.20. The predicted octanol–water partition coefficient (Wildman–Crippen LogP) is 4.33. The van der Waals surface area contributed by atoms with E-state index in [-0.39, 0.29) is 12.1 Å². The number of cyclic esters (lactones) is 1. The highest BCUT2D eigenvalue weighted by Crippen LogP contribution is 2.36. The first-order chi connectivity index (χ1) is 8.87. The maximum Gasteiger partial charge on any atom is 0.334 e. The molecule has 102 valence electrons. The van der Waals surface area contributed by atoms with Crippen molar-refractivity contribution in [1.29, 1.82) is 0 Å². The summed E-state index contributed by atoms with van der Waals surface area (Å²) in [5.74, 6) is -0.121. The van der Waals surface area contributed by atoms with E-state index in [1.165, 1.54) is 5.57 Å². The Morgan fingerprint density at radius 1 is 1.26 bits per heavy atom. The maximum absolute atomic E-state index is 12.0. The number of carbonyl (C=O) groups is 1. The van der Waals surface area contributed by atoms with Crippen molar-refractivity contribution in [2.24, 2.45) is 0 Å². The zero-order valence-electron chi connectivity index (χ0n) is 12.2. The number of carbonyl (C=O) groups excluding carboxylic acids is 1. The number of ether oxygens (including phenoxy) is 1. The van der Waals surface area contributed by atoms with E-state index in [9.17, 15) is 4.79 Å². The van der Waals surface area contributed by atoms with Gasteiger partial charge in [-0.05, 0) is 18.5 Å². The van der Waals surface area contributed by atoms with Gasteiger partial charge in [0.1, 0.15) is 6.10 Å². The first kappa shape index (κ1) is 14.1. The molecule has 1 saturated heterocycles. The molecule has 1 heterocycles. The molecule has 0 bridgehead atoms. The second-order valence-electron chi connectivity index (χ2n) is 6.51. The smallest absolute Gasteiger partial charge is 0.334 e. The Morgan fingerprint density at radius 3 is 2.47 bits per heavy atom. The third kappa shape index (κ3) is 3.57. The van der Waals surface area contributed by atoms with Crippen molar-refractivity contribution in [1.82, 2.24) is 0 Å². The first-order valence-corrected chi connectivity index (χ1v) is 10.5. The van der Waals surface area contributed by atoms with Crippen LogP contribution < -0.4 is 0 Å². The lowest BCUT2D eigenvalue weighted by molar-refractivity contribution is -0.139. The van der Waals surface area contributed by atoms with Gasteiger partial charge >= 0.3 is 5.97 Å². The summed E-state index contributed by atoms with van der Waals surface area (Å²) in [6.45, 7) is 9.06. The fourth-order valence-electron chi connectivity index (χ4n) is 2.61. The Balaban J connectivity index is 2.18. The van der Waals surface area contributed by atoms with Gasteiger partial charge in [-0.25, -0.2) is 4.79 Å². The second kappa shape index (κ2) is 5.33. The predicted molar refractivity (Wildman–Crippen MR) is 80.7 cm³/mol. The van der Waals surface area contributed by atoms with Gasteiger partial charge in [0.05, 0.1) is 0 Å². The molecule has 0 saturated carbocycles. The average molecular weight is 274 g/mol. The van der Waals surface area contributed by atoms with Crippen LogP contribution in [0.4, 0.5) is 0 Å². The molecular weight excluding hydrogens is 252 g/mol. The molecule has 3 heteroatoms. The van der Waals surface area contributed by atoms with Gasteiger partial charge in [-0.15, -0.1) is 0 Å². The van der Waals surface area contributed by atoms with Crippen LogP contribution in [0.5, 0.6) is 0 Å². The van der Waals surface area contributed by atoms with Crippen LogP contribution in [0.25, 0.3) is 0 Å². The fraction of sp³-hybridized carbons (Fsp3) is 0.438. The largest absolute Gasteiger partial charge is 0.454 e. The summed E-state index contributed by atoms with van der Waals surface area (Å²) < 4.78 is 5.51. The topological polar surface area (TPSA) is 26.3 Å². The van der Waals surface area contributed by atoms with Gasteiger partial charge < -0.3 is 4.74 Å². The van der Waals surface area contributed by atoms with Crippen molar-refractivity contribution in [3.05, 3.63) is 47.0 Å². The molecular formula is C16H22O2Si. The molecule has 0 radical (unpaired) electrons. The molecule has 1 aliphatic rings. The van der Waals surface area contributed by atoms with Crippen molar-refractivity contribution >= 4 is 14.0 Å². The van der Waals surface area contributed by atoms with E-state index in [2.05, 4.69) is 26.6 Å². The molecule has 1 unspecified atom stereocenters. The number of esters is 1. The number of benzene rings is 1. The summed E-state index contributed by atoms with van der Waals surface area (Å²) in [6, 6.07) is 11.1. The Kier molecular flexibility index (Phi) is 3.95. The van der Waals surface area contributed by atoms with E-state index in [0.29, 0.717) is 0 Å². The third-order valence-corrected chi connectivity index (χ3v) is 4.96. The number of hydrogen-bond acceptors (Lipinski definition) is 2. The number of rotatable bonds is 3. The summed E-state index contributed by atoms with van der Waals surface area (Å²) in [5.41, 5.74) is 3.21. The maximum atomic E-state index is 12.0. The molecule has 1 atom stereocenters. The Morgan fingerprint density at radius 2 is 1.89 bits per heavy atom. The van der Waals surface area contributed by atoms with Crippen molar-refractivity contribution in [2.45, 2.75) is 45.1 Å². The minimum atomic E-state index is -1.18. The van der Waals surface area contributed by atoms with Crippen molar-refractivity contribution in [3.63, 3.8) is 0 Å². The molecule has 0 N–H and O–H groups in total. The molecule has 0 amide bonds. The number of allylic oxidation sites excluding steroid dienone is 1. The van der Waals surface area contributed by atoms with Crippen LogP contribution in [-0.2, 0) is 9.53 Å². The van der Waals surface area contributed by atoms with Gasteiger partial charge in [0, 0.05) is 20.1 Å². The molecule has 0 aliphatic carbocycles. The Bertz CT molecular complexity index is 497. The monoisotopic (exact) mass is 274 g/mol. The van der Waals surface area contributed by atoms with E-state index in [4.69, 9.17) is 4.74 Å². The Labute approximate surface area is 116 Å². The molecule has 1 aromatic rings. The quantitative estimate of drug-likeness (QED) is 0.466. The second-order valence-corrected chi connectivity index (χ2v) is 12.0. The van der Waals surface area contributed by atoms with Gasteiger partial charge in [0.2, 0.25) is 0 Å². The summed E-state index contributed by atoms with van der Waals surface area (Å²) in [5, 5.41) is 0. The zero-order chi connectivity index (χ0) is 14.0. The van der Waals surface area contributed by atoms with Gasteiger partial charge in [-0.1, -0.05) is 55.5 Å². The minimum Gasteiger partial charge on any atom is -0.454 e. The summed E-state index contributed by atoms with van der Waals surface area (Å²) in [7, 11) is -1.18. The van der Waals surface area contributed by atoms with E-state index >= 15 is 0 Å². The van der Waals surface area contributed by atoms with Crippen LogP contribution in [0.1, 0.15) is 25.0 Å². The van der Waals surface area contributed by atoms with Crippen LogP contribution >= 0.6 is 0 Å². The first-order valence-electron chi connectivity index (χ1n) is 6.81.